The summed E-state index contributed by atoms with van der Waals surface area (Å²) in [5.41, 5.74) is 2.51. The molecule has 0 bridgehead atoms. The summed E-state index contributed by atoms with van der Waals surface area (Å²) in [6.07, 6.45) is 16.0. The quantitative estimate of drug-likeness (QED) is 0.550. The van der Waals surface area contributed by atoms with Gasteiger partial charge in [0.1, 0.15) is 0 Å². The molecule has 4 aliphatic carbocycles. The summed E-state index contributed by atoms with van der Waals surface area (Å²) in [7, 11) is 0. The lowest BCUT2D eigenvalue weighted by molar-refractivity contribution is -0.0509. The predicted octanol–water partition coefficient (Wildman–Crippen LogP) is 5.09. The average molecular weight is 347 g/mol. The Bertz CT molecular complexity index is 526. The van der Waals surface area contributed by atoms with E-state index in [0.717, 1.165) is 42.9 Å². The minimum absolute atomic E-state index is 0.0906. The first-order valence-electron chi connectivity index (χ1n) is 11.0. The fourth-order valence-electron chi connectivity index (χ4n) is 7.73. The van der Waals surface area contributed by atoms with Crippen molar-refractivity contribution in [2.24, 2.45) is 34.5 Å². The van der Waals surface area contributed by atoms with Crippen LogP contribution in [0.1, 0.15) is 84.5 Å². The summed E-state index contributed by atoms with van der Waals surface area (Å²) in [6, 6.07) is 0. The Hall–Kier alpha value is -0.340. The number of fused-ring (bicyclic) bond motifs is 5. The Kier molecular flexibility index (Phi) is 4.82. The van der Waals surface area contributed by atoms with E-state index in [2.05, 4.69) is 19.9 Å². The lowest BCUT2D eigenvalue weighted by atomic mass is 9.47. The summed E-state index contributed by atoms with van der Waals surface area (Å²) in [4.78, 5) is 0. The van der Waals surface area contributed by atoms with Crippen molar-refractivity contribution in [1.29, 1.82) is 0 Å². The van der Waals surface area contributed by atoms with Gasteiger partial charge in [-0.3, -0.25) is 0 Å². The Morgan fingerprint density at radius 2 is 1.88 bits per heavy atom. The zero-order valence-electron chi connectivity index (χ0n) is 16.3. The molecule has 0 spiro atoms. The van der Waals surface area contributed by atoms with Crippen LogP contribution in [-0.2, 0) is 0 Å². The minimum atomic E-state index is -0.0906. The highest BCUT2D eigenvalue weighted by Gasteiger charge is 2.58. The van der Waals surface area contributed by atoms with E-state index < -0.39 is 0 Å². The first-order chi connectivity index (χ1) is 12.0. The van der Waals surface area contributed by atoms with Crippen LogP contribution in [-0.4, -0.2) is 22.9 Å². The number of hydrogen-bond acceptors (Lipinski definition) is 2. The van der Waals surface area contributed by atoms with Crippen LogP contribution in [0.4, 0.5) is 0 Å². The molecule has 0 saturated heterocycles. The van der Waals surface area contributed by atoms with Crippen LogP contribution >= 0.6 is 0 Å². The molecule has 0 radical (unpaired) electrons. The van der Waals surface area contributed by atoms with Gasteiger partial charge in [0, 0.05) is 6.61 Å². The standard InChI is InChI=1S/C23H38O2/c1-22-13-11-21-19(20(22)9-7-16(22)5-3-4-14-24)8-6-17-15-18(25)10-12-23(17,21)2/h6,16,18-21,24-25H,3-5,7-15H2,1-2H3. The fraction of sp³-hybridized carbons (Fsp3) is 0.913. The number of aliphatic hydroxyl groups is 2. The molecule has 0 aromatic rings. The number of hydrogen-bond donors (Lipinski definition) is 2. The maximum absolute atomic E-state index is 10.1. The number of rotatable bonds is 4. The van der Waals surface area contributed by atoms with E-state index in [4.69, 9.17) is 5.11 Å². The van der Waals surface area contributed by atoms with Crippen molar-refractivity contribution in [3.05, 3.63) is 11.6 Å². The molecule has 3 fully saturated rings. The second-order valence-corrected chi connectivity index (χ2v) is 10.2. The summed E-state index contributed by atoms with van der Waals surface area (Å²) in [5, 5.41) is 19.3. The van der Waals surface area contributed by atoms with E-state index in [0.29, 0.717) is 17.4 Å². The highest BCUT2D eigenvalue weighted by Crippen LogP contribution is 2.66. The highest BCUT2D eigenvalue weighted by atomic mass is 16.3. The second kappa shape index (κ2) is 6.68. The van der Waals surface area contributed by atoms with Crippen molar-refractivity contribution in [2.45, 2.75) is 90.6 Å². The Labute approximate surface area is 154 Å². The van der Waals surface area contributed by atoms with Crippen LogP contribution in [0.3, 0.4) is 0 Å². The smallest absolute Gasteiger partial charge is 0.0577 e. The van der Waals surface area contributed by atoms with Crippen LogP contribution in [0.5, 0.6) is 0 Å². The van der Waals surface area contributed by atoms with Crippen molar-refractivity contribution in [1.82, 2.24) is 0 Å². The Morgan fingerprint density at radius 3 is 2.68 bits per heavy atom. The topological polar surface area (TPSA) is 40.5 Å². The van der Waals surface area contributed by atoms with Crippen molar-refractivity contribution in [3.63, 3.8) is 0 Å². The molecule has 4 rings (SSSR count). The van der Waals surface area contributed by atoms with Crippen LogP contribution in [0, 0.1) is 34.5 Å². The zero-order chi connectivity index (χ0) is 17.7. The molecule has 0 amide bonds. The molecule has 0 aliphatic heterocycles. The van der Waals surface area contributed by atoms with Gasteiger partial charge in [0.05, 0.1) is 6.10 Å². The molecule has 2 heteroatoms. The number of allylic oxidation sites excluding steroid dienone is 1. The molecule has 142 valence electrons. The minimum Gasteiger partial charge on any atom is -0.396 e. The summed E-state index contributed by atoms with van der Waals surface area (Å²) >= 11 is 0. The van der Waals surface area contributed by atoms with E-state index in [1.807, 2.05) is 0 Å². The molecule has 0 heterocycles. The Morgan fingerprint density at radius 1 is 1.04 bits per heavy atom. The van der Waals surface area contributed by atoms with Gasteiger partial charge in [-0.25, -0.2) is 0 Å². The van der Waals surface area contributed by atoms with Gasteiger partial charge in [0.25, 0.3) is 0 Å². The maximum atomic E-state index is 10.1. The number of unbranched alkanes of at least 4 members (excludes halogenated alkanes) is 1. The monoisotopic (exact) mass is 346 g/mol. The molecule has 7 atom stereocenters. The number of aliphatic hydroxyl groups excluding tert-OH is 2. The van der Waals surface area contributed by atoms with Gasteiger partial charge in [-0.05, 0) is 98.7 Å². The van der Waals surface area contributed by atoms with E-state index >= 15 is 0 Å². The van der Waals surface area contributed by atoms with Crippen molar-refractivity contribution in [2.75, 3.05) is 6.61 Å². The van der Waals surface area contributed by atoms with Crippen molar-refractivity contribution < 1.29 is 10.2 Å². The van der Waals surface area contributed by atoms with Crippen LogP contribution in [0.2, 0.25) is 0 Å². The van der Waals surface area contributed by atoms with Crippen LogP contribution in [0.15, 0.2) is 11.6 Å². The van der Waals surface area contributed by atoms with E-state index in [-0.39, 0.29) is 6.10 Å². The van der Waals surface area contributed by atoms with Gasteiger partial charge in [-0.15, -0.1) is 0 Å². The molecule has 2 nitrogen and oxygen atoms in total. The second-order valence-electron chi connectivity index (χ2n) is 10.2. The molecular formula is C23H38O2. The lowest BCUT2D eigenvalue weighted by Crippen LogP contribution is -2.50. The zero-order valence-corrected chi connectivity index (χ0v) is 16.3. The van der Waals surface area contributed by atoms with Crippen molar-refractivity contribution in [3.8, 4) is 0 Å². The maximum Gasteiger partial charge on any atom is 0.0577 e. The fourth-order valence-corrected chi connectivity index (χ4v) is 7.73. The molecule has 7 unspecified atom stereocenters. The molecule has 4 aliphatic rings. The van der Waals surface area contributed by atoms with Gasteiger partial charge in [-0.1, -0.05) is 31.9 Å². The highest BCUT2D eigenvalue weighted by molar-refractivity contribution is 5.25. The molecule has 0 aromatic heterocycles. The van der Waals surface area contributed by atoms with Gasteiger partial charge in [0.15, 0.2) is 0 Å². The largest absolute Gasteiger partial charge is 0.396 e. The third-order valence-electron chi connectivity index (χ3n) is 9.23. The molecular weight excluding hydrogens is 308 g/mol. The molecule has 3 saturated carbocycles. The summed E-state index contributed by atoms with van der Waals surface area (Å²) < 4.78 is 0. The lowest BCUT2D eigenvalue weighted by Gasteiger charge is -2.58. The Balaban J connectivity index is 1.54. The van der Waals surface area contributed by atoms with E-state index in [1.54, 1.807) is 5.57 Å². The third kappa shape index (κ3) is 2.83. The normalized spacial score (nSPS) is 49.1. The van der Waals surface area contributed by atoms with Gasteiger partial charge in [-0.2, -0.15) is 0 Å². The summed E-state index contributed by atoms with van der Waals surface area (Å²) in [6.45, 7) is 5.49. The SMILES string of the molecule is CC12CCC(O)CC1=CCC1C2CCC2(C)C(CCCCO)CCC12. The first-order valence-corrected chi connectivity index (χ1v) is 11.0. The molecule has 0 aromatic carbocycles. The van der Waals surface area contributed by atoms with E-state index in [1.165, 1.54) is 51.4 Å². The van der Waals surface area contributed by atoms with Gasteiger partial charge in [0.2, 0.25) is 0 Å². The molecule has 25 heavy (non-hydrogen) atoms. The van der Waals surface area contributed by atoms with Crippen LogP contribution < -0.4 is 0 Å². The van der Waals surface area contributed by atoms with Gasteiger partial charge < -0.3 is 10.2 Å². The van der Waals surface area contributed by atoms with E-state index in [9.17, 15) is 5.11 Å². The van der Waals surface area contributed by atoms with Gasteiger partial charge >= 0.3 is 0 Å². The predicted molar refractivity (Wildman–Crippen MR) is 102 cm³/mol. The summed E-state index contributed by atoms with van der Waals surface area (Å²) in [5.74, 6) is 3.53. The third-order valence-corrected chi connectivity index (χ3v) is 9.23. The average Bonchev–Trinajstić information content (AvgIpc) is 2.92. The van der Waals surface area contributed by atoms with Crippen molar-refractivity contribution >= 4 is 0 Å². The first kappa shape index (κ1) is 18.0. The van der Waals surface area contributed by atoms with Crippen LogP contribution in [0.25, 0.3) is 0 Å². The molecule has 2 N–H and O–H groups in total.